The first-order chi connectivity index (χ1) is 14.4. The Kier molecular flexibility index (Phi) is 5.57. The Hall–Kier alpha value is -3.15. The van der Waals surface area contributed by atoms with Crippen LogP contribution >= 0.6 is 0 Å². The van der Waals surface area contributed by atoms with Crippen LogP contribution in [0.2, 0.25) is 0 Å². The molecule has 156 valence electrons. The first-order valence-corrected chi connectivity index (χ1v) is 10.5. The molecule has 2 aromatic carbocycles. The van der Waals surface area contributed by atoms with Crippen LogP contribution in [0.4, 0.5) is 11.4 Å². The van der Waals surface area contributed by atoms with E-state index in [1.165, 1.54) is 0 Å². The lowest BCUT2D eigenvalue weighted by molar-refractivity contribution is -0.123. The van der Waals surface area contributed by atoms with Gasteiger partial charge in [0.1, 0.15) is 0 Å². The predicted octanol–water partition coefficient (Wildman–Crippen LogP) is 3.87. The molecule has 30 heavy (non-hydrogen) atoms. The molecule has 1 saturated heterocycles. The number of fused-ring (bicyclic) bond motifs is 1. The first-order valence-electron chi connectivity index (χ1n) is 10.5. The second kappa shape index (κ2) is 8.30. The van der Waals surface area contributed by atoms with Gasteiger partial charge < -0.3 is 15.5 Å². The third-order valence-corrected chi connectivity index (χ3v) is 5.89. The minimum absolute atomic E-state index is 0.0638. The number of likely N-dealkylation sites (tertiary alicyclic amines) is 1. The van der Waals surface area contributed by atoms with Gasteiger partial charge in [-0.3, -0.25) is 14.4 Å². The number of rotatable bonds is 3. The third kappa shape index (κ3) is 4.08. The summed E-state index contributed by atoms with van der Waals surface area (Å²) in [6.45, 7) is 5.77. The molecule has 6 heteroatoms. The van der Waals surface area contributed by atoms with Gasteiger partial charge in [0.15, 0.2) is 0 Å². The molecule has 0 radical (unpaired) electrons. The van der Waals surface area contributed by atoms with E-state index in [0.717, 1.165) is 25.1 Å². The van der Waals surface area contributed by atoms with Crippen LogP contribution in [0.5, 0.6) is 0 Å². The number of carbonyl (C=O) groups excluding carboxylic acids is 3. The summed E-state index contributed by atoms with van der Waals surface area (Å²) in [7, 11) is 0. The van der Waals surface area contributed by atoms with E-state index in [1.807, 2.05) is 29.2 Å². The van der Waals surface area contributed by atoms with Crippen molar-refractivity contribution in [3.05, 3.63) is 59.7 Å². The largest absolute Gasteiger partial charge is 0.338 e. The number of anilines is 2. The lowest BCUT2D eigenvalue weighted by atomic mass is 9.89. The Morgan fingerprint density at radius 2 is 1.67 bits per heavy atom. The van der Waals surface area contributed by atoms with Gasteiger partial charge in [0.2, 0.25) is 11.8 Å². The van der Waals surface area contributed by atoms with Crippen LogP contribution in [0.15, 0.2) is 48.5 Å². The number of nitrogens with zero attached hydrogens (tertiary/aromatic N) is 1. The molecular weight excluding hydrogens is 378 g/mol. The summed E-state index contributed by atoms with van der Waals surface area (Å²) in [4.78, 5) is 40.3. The number of hydrogen-bond donors (Lipinski definition) is 2. The molecule has 2 aliphatic rings. The van der Waals surface area contributed by atoms with E-state index in [2.05, 4.69) is 24.5 Å². The number of carbonyl (C=O) groups is 3. The number of para-hydroxylation sites is 2. The summed E-state index contributed by atoms with van der Waals surface area (Å²) in [6.07, 6.45) is 1.20. The van der Waals surface area contributed by atoms with Crippen LogP contribution in [0.3, 0.4) is 0 Å². The fourth-order valence-electron chi connectivity index (χ4n) is 4.64. The van der Waals surface area contributed by atoms with Crippen LogP contribution in [-0.2, 0) is 9.59 Å². The van der Waals surface area contributed by atoms with Crippen molar-refractivity contribution in [2.75, 3.05) is 23.7 Å². The molecule has 0 spiro atoms. The molecular formula is C24H27N3O3. The van der Waals surface area contributed by atoms with Crippen LogP contribution in [-0.4, -0.2) is 35.7 Å². The zero-order chi connectivity index (χ0) is 21.3. The summed E-state index contributed by atoms with van der Waals surface area (Å²) in [5, 5.41) is 5.73. The molecule has 2 aliphatic heterocycles. The van der Waals surface area contributed by atoms with E-state index < -0.39 is 5.92 Å². The number of hydrogen-bond acceptors (Lipinski definition) is 3. The SMILES string of the molecule is C[C@@H]1C[C@H](C)CN(C(=O)c2ccccc2NC(=O)[C@@H]2CC(=O)Nc3ccccc32)C1. The second-order valence-corrected chi connectivity index (χ2v) is 8.58. The fraction of sp³-hybridized carbons (Fsp3) is 0.375. The second-order valence-electron chi connectivity index (χ2n) is 8.58. The highest BCUT2D eigenvalue weighted by atomic mass is 16.2. The molecule has 1 fully saturated rings. The predicted molar refractivity (Wildman–Crippen MR) is 116 cm³/mol. The van der Waals surface area contributed by atoms with Crippen LogP contribution in [0.25, 0.3) is 0 Å². The Balaban J connectivity index is 1.57. The molecule has 0 aliphatic carbocycles. The van der Waals surface area contributed by atoms with E-state index in [0.29, 0.717) is 28.8 Å². The molecule has 3 atom stereocenters. The minimum Gasteiger partial charge on any atom is -0.338 e. The number of benzene rings is 2. The van der Waals surface area contributed by atoms with Gasteiger partial charge in [0, 0.05) is 25.2 Å². The summed E-state index contributed by atoms with van der Waals surface area (Å²) < 4.78 is 0. The Morgan fingerprint density at radius 1 is 1.00 bits per heavy atom. The normalized spacial score (nSPS) is 23.3. The number of piperidine rings is 1. The zero-order valence-electron chi connectivity index (χ0n) is 17.4. The van der Waals surface area contributed by atoms with E-state index in [1.54, 1.807) is 24.3 Å². The van der Waals surface area contributed by atoms with Crippen molar-refractivity contribution >= 4 is 29.1 Å². The molecule has 0 bridgehead atoms. The van der Waals surface area contributed by atoms with Gasteiger partial charge in [-0.25, -0.2) is 0 Å². The molecule has 3 amide bonds. The van der Waals surface area contributed by atoms with E-state index in [9.17, 15) is 14.4 Å². The minimum atomic E-state index is -0.590. The van der Waals surface area contributed by atoms with Crippen molar-refractivity contribution < 1.29 is 14.4 Å². The maximum absolute atomic E-state index is 13.2. The lowest BCUT2D eigenvalue weighted by Crippen LogP contribution is -2.42. The average molecular weight is 405 g/mol. The Morgan fingerprint density at radius 3 is 2.43 bits per heavy atom. The topological polar surface area (TPSA) is 78.5 Å². The van der Waals surface area contributed by atoms with Gasteiger partial charge >= 0.3 is 0 Å². The number of nitrogens with one attached hydrogen (secondary N) is 2. The van der Waals surface area contributed by atoms with Crippen LogP contribution < -0.4 is 10.6 Å². The molecule has 0 saturated carbocycles. The van der Waals surface area contributed by atoms with Crippen LogP contribution in [0.1, 0.15) is 48.5 Å². The van der Waals surface area contributed by atoms with Crippen molar-refractivity contribution in [3.8, 4) is 0 Å². The average Bonchev–Trinajstić information content (AvgIpc) is 2.72. The van der Waals surface area contributed by atoms with Gasteiger partial charge in [-0.1, -0.05) is 44.2 Å². The molecule has 2 heterocycles. The highest BCUT2D eigenvalue weighted by molar-refractivity contribution is 6.08. The first kappa shape index (κ1) is 20.1. The summed E-state index contributed by atoms with van der Waals surface area (Å²) in [5.74, 6) is -0.208. The van der Waals surface area contributed by atoms with E-state index >= 15 is 0 Å². The molecule has 4 rings (SSSR count). The monoisotopic (exact) mass is 405 g/mol. The van der Waals surface area contributed by atoms with Gasteiger partial charge in [-0.05, 0) is 42.0 Å². The molecule has 2 N–H and O–H groups in total. The molecule has 6 nitrogen and oxygen atoms in total. The number of amides is 3. The van der Waals surface area contributed by atoms with Crippen molar-refractivity contribution in [3.63, 3.8) is 0 Å². The van der Waals surface area contributed by atoms with E-state index in [-0.39, 0.29) is 24.1 Å². The summed E-state index contributed by atoms with van der Waals surface area (Å²) >= 11 is 0. The zero-order valence-corrected chi connectivity index (χ0v) is 17.4. The molecule has 0 unspecified atom stereocenters. The molecule has 0 aromatic heterocycles. The Bertz CT molecular complexity index is 977. The summed E-state index contributed by atoms with van der Waals surface area (Å²) in [5.41, 5.74) is 2.43. The van der Waals surface area contributed by atoms with Crippen molar-refractivity contribution in [1.29, 1.82) is 0 Å². The quantitative estimate of drug-likeness (QED) is 0.814. The maximum atomic E-state index is 13.2. The standard InChI is InChI=1S/C24H27N3O3/c1-15-11-16(2)14-27(13-15)24(30)18-8-4-6-10-21(18)26-23(29)19-12-22(28)25-20-9-5-3-7-17(19)20/h3-10,15-16,19H,11-14H2,1-2H3,(H,25,28)(H,26,29)/t15-,16+,19-/m1/s1. The highest BCUT2D eigenvalue weighted by Gasteiger charge is 2.32. The van der Waals surface area contributed by atoms with E-state index in [4.69, 9.17) is 0 Å². The van der Waals surface area contributed by atoms with Crippen LogP contribution in [0, 0.1) is 11.8 Å². The highest BCUT2D eigenvalue weighted by Crippen LogP contribution is 2.33. The van der Waals surface area contributed by atoms with Gasteiger partial charge in [-0.2, -0.15) is 0 Å². The van der Waals surface area contributed by atoms with Gasteiger partial charge in [0.25, 0.3) is 5.91 Å². The maximum Gasteiger partial charge on any atom is 0.255 e. The third-order valence-electron chi connectivity index (χ3n) is 5.89. The van der Waals surface area contributed by atoms with Crippen molar-refractivity contribution in [2.24, 2.45) is 11.8 Å². The smallest absolute Gasteiger partial charge is 0.255 e. The molecule has 2 aromatic rings. The summed E-state index contributed by atoms with van der Waals surface area (Å²) in [6, 6.07) is 14.4. The van der Waals surface area contributed by atoms with Gasteiger partial charge in [0.05, 0.1) is 17.2 Å². The lowest BCUT2D eigenvalue weighted by Gasteiger charge is -2.35. The fourth-order valence-corrected chi connectivity index (χ4v) is 4.64. The Labute approximate surface area is 176 Å². The van der Waals surface area contributed by atoms with Gasteiger partial charge in [-0.15, -0.1) is 0 Å². The van der Waals surface area contributed by atoms with Crippen molar-refractivity contribution in [2.45, 2.75) is 32.6 Å². The van der Waals surface area contributed by atoms with Crippen molar-refractivity contribution in [1.82, 2.24) is 4.90 Å².